The number of carbonyl (C=O) groups excluding carboxylic acids is 1. The minimum absolute atomic E-state index is 0.323. The minimum atomic E-state index is -0.415. The van der Waals surface area contributed by atoms with E-state index in [0.717, 1.165) is 27.5 Å². The monoisotopic (exact) mass is 313 g/mol. The van der Waals surface area contributed by atoms with E-state index in [2.05, 4.69) is 11.1 Å². The van der Waals surface area contributed by atoms with Crippen LogP contribution in [-0.2, 0) is 9.53 Å². The van der Waals surface area contributed by atoms with Crippen molar-refractivity contribution in [3.63, 3.8) is 0 Å². The normalized spacial score (nSPS) is 15.6. The number of aryl methyl sites for hydroxylation is 1. The molecule has 0 saturated heterocycles. The lowest BCUT2D eigenvalue weighted by Crippen LogP contribution is -2.06. The highest BCUT2D eigenvalue weighted by atomic mass is 16.6. The van der Waals surface area contributed by atoms with Crippen molar-refractivity contribution < 1.29 is 9.53 Å². The number of ether oxygens (including phenoxy) is 1. The van der Waals surface area contributed by atoms with Crippen molar-refractivity contribution in [2.75, 3.05) is 0 Å². The maximum atomic E-state index is 12.1. The van der Waals surface area contributed by atoms with Crippen LogP contribution in [0.1, 0.15) is 16.7 Å². The van der Waals surface area contributed by atoms with Gasteiger partial charge in [0.25, 0.3) is 0 Å². The highest BCUT2D eigenvalue weighted by Crippen LogP contribution is 2.22. The predicted octanol–water partition coefficient (Wildman–Crippen LogP) is 4.49. The van der Waals surface area contributed by atoms with Gasteiger partial charge in [0, 0.05) is 5.56 Å². The molecular weight excluding hydrogens is 298 g/mol. The van der Waals surface area contributed by atoms with Gasteiger partial charge in [0.15, 0.2) is 5.70 Å². The number of carbonyl (C=O) groups is 1. The van der Waals surface area contributed by atoms with Gasteiger partial charge in [-0.15, -0.1) is 0 Å². The number of cyclic esters (lactones) is 1. The summed E-state index contributed by atoms with van der Waals surface area (Å²) in [4.78, 5) is 16.5. The molecule has 0 aromatic heterocycles. The zero-order valence-corrected chi connectivity index (χ0v) is 13.2. The minimum Gasteiger partial charge on any atom is -0.402 e. The van der Waals surface area contributed by atoms with Gasteiger partial charge in [-0.1, -0.05) is 54.6 Å². The van der Waals surface area contributed by atoms with E-state index in [0.29, 0.717) is 11.6 Å². The molecule has 1 aliphatic rings. The first-order valence-corrected chi connectivity index (χ1v) is 7.78. The van der Waals surface area contributed by atoms with Gasteiger partial charge in [-0.25, -0.2) is 9.79 Å². The molecule has 0 saturated carbocycles. The van der Waals surface area contributed by atoms with Crippen LogP contribution in [0.25, 0.3) is 16.8 Å². The summed E-state index contributed by atoms with van der Waals surface area (Å²) in [5, 5.41) is 2.29. The third-order valence-corrected chi connectivity index (χ3v) is 4.07. The predicted molar refractivity (Wildman–Crippen MR) is 95.7 cm³/mol. The van der Waals surface area contributed by atoms with Gasteiger partial charge in [0.05, 0.1) is 0 Å². The lowest BCUT2D eigenvalue weighted by Gasteiger charge is -2.02. The molecule has 24 heavy (non-hydrogen) atoms. The molecule has 0 spiro atoms. The van der Waals surface area contributed by atoms with Crippen LogP contribution in [0.5, 0.6) is 0 Å². The van der Waals surface area contributed by atoms with E-state index in [1.54, 1.807) is 6.08 Å². The second-order valence-electron chi connectivity index (χ2n) is 5.76. The Labute approximate surface area is 139 Å². The van der Waals surface area contributed by atoms with Crippen molar-refractivity contribution in [1.29, 1.82) is 0 Å². The molecule has 0 amide bonds. The van der Waals surface area contributed by atoms with Crippen LogP contribution in [0.4, 0.5) is 0 Å². The summed E-state index contributed by atoms with van der Waals surface area (Å²) in [6.45, 7) is 1.97. The molecule has 0 unspecified atom stereocenters. The third kappa shape index (κ3) is 2.61. The van der Waals surface area contributed by atoms with Crippen LogP contribution < -0.4 is 0 Å². The number of hydrogen-bond acceptors (Lipinski definition) is 3. The van der Waals surface area contributed by atoms with Crippen molar-refractivity contribution in [2.24, 2.45) is 4.99 Å². The van der Waals surface area contributed by atoms with E-state index in [1.807, 2.05) is 67.6 Å². The number of esters is 1. The quantitative estimate of drug-likeness (QED) is 0.516. The molecule has 116 valence electrons. The summed E-state index contributed by atoms with van der Waals surface area (Å²) in [6.07, 6.45) is 1.76. The molecule has 3 nitrogen and oxygen atoms in total. The molecule has 0 N–H and O–H groups in total. The van der Waals surface area contributed by atoms with E-state index in [-0.39, 0.29) is 0 Å². The molecule has 4 rings (SSSR count). The lowest BCUT2D eigenvalue weighted by atomic mass is 10.1. The summed E-state index contributed by atoms with van der Waals surface area (Å²) in [5.74, 6) is -0.0495. The largest absolute Gasteiger partial charge is 0.402 e. The lowest BCUT2D eigenvalue weighted by molar-refractivity contribution is -0.129. The topological polar surface area (TPSA) is 38.7 Å². The first-order chi connectivity index (χ1) is 11.7. The fourth-order valence-corrected chi connectivity index (χ4v) is 2.79. The Morgan fingerprint density at radius 2 is 1.67 bits per heavy atom. The molecule has 0 fully saturated rings. The number of benzene rings is 3. The zero-order valence-electron chi connectivity index (χ0n) is 13.2. The van der Waals surface area contributed by atoms with Gasteiger partial charge in [-0.3, -0.25) is 0 Å². The van der Waals surface area contributed by atoms with Gasteiger partial charge in [0.2, 0.25) is 5.90 Å². The van der Waals surface area contributed by atoms with E-state index >= 15 is 0 Å². The molecule has 1 aliphatic heterocycles. The van der Waals surface area contributed by atoms with Gasteiger partial charge in [-0.2, -0.15) is 0 Å². The number of nitrogens with zero attached hydrogens (tertiary/aromatic N) is 1. The average molecular weight is 313 g/mol. The van der Waals surface area contributed by atoms with Gasteiger partial charge in [0.1, 0.15) is 0 Å². The van der Waals surface area contributed by atoms with Crippen LogP contribution in [-0.4, -0.2) is 11.9 Å². The van der Waals surface area contributed by atoms with Crippen LogP contribution in [0.15, 0.2) is 77.4 Å². The Kier molecular flexibility index (Phi) is 3.47. The van der Waals surface area contributed by atoms with Crippen molar-refractivity contribution >= 4 is 28.7 Å². The Balaban J connectivity index is 1.73. The molecule has 0 radical (unpaired) electrons. The van der Waals surface area contributed by atoms with Crippen molar-refractivity contribution in [1.82, 2.24) is 0 Å². The molecule has 3 aromatic rings. The van der Waals surface area contributed by atoms with Gasteiger partial charge >= 0.3 is 5.97 Å². The molecular formula is C21H15NO2. The fraction of sp³-hybridized carbons (Fsp3) is 0.0476. The molecule has 3 heteroatoms. The number of rotatable bonds is 2. The maximum Gasteiger partial charge on any atom is 0.363 e. The highest BCUT2D eigenvalue weighted by molar-refractivity contribution is 6.13. The molecule has 3 aromatic carbocycles. The smallest absolute Gasteiger partial charge is 0.363 e. The first kappa shape index (κ1) is 14.4. The van der Waals surface area contributed by atoms with Crippen molar-refractivity contribution in [3.05, 3.63) is 89.1 Å². The number of hydrogen-bond donors (Lipinski definition) is 0. The van der Waals surface area contributed by atoms with E-state index < -0.39 is 5.97 Å². The van der Waals surface area contributed by atoms with Gasteiger partial charge < -0.3 is 4.74 Å². The second-order valence-corrected chi connectivity index (χ2v) is 5.76. The maximum absolute atomic E-state index is 12.1. The van der Waals surface area contributed by atoms with Crippen LogP contribution >= 0.6 is 0 Å². The summed E-state index contributed by atoms with van der Waals surface area (Å²) in [6, 6.07) is 21.9. The summed E-state index contributed by atoms with van der Waals surface area (Å²) >= 11 is 0. The van der Waals surface area contributed by atoms with Crippen LogP contribution in [0.2, 0.25) is 0 Å². The van der Waals surface area contributed by atoms with E-state index in [4.69, 9.17) is 4.74 Å². The molecule has 0 aliphatic carbocycles. The zero-order chi connectivity index (χ0) is 16.5. The van der Waals surface area contributed by atoms with Gasteiger partial charge in [-0.05, 0) is 47.0 Å². The SMILES string of the molecule is Cc1ccccc1C1=N/C(=C/c2ccc3ccccc3c2)C(=O)O1. The summed E-state index contributed by atoms with van der Waals surface area (Å²) in [5.41, 5.74) is 3.11. The van der Waals surface area contributed by atoms with Crippen molar-refractivity contribution in [3.8, 4) is 0 Å². The first-order valence-electron chi connectivity index (χ1n) is 7.78. The Bertz CT molecular complexity index is 1020. The highest BCUT2D eigenvalue weighted by Gasteiger charge is 2.24. The number of fused-ring (bicyclic) bond motifs is 1. The molecule has 0 atom stereocenters. The summed E-state index contributed by atoms with van der Waals surface area (Å²) < 4.78 is 5.34. The summed E-state index contributed by atoms with van der Waals surface area (Å²) in [7, 11) is 0. The van der Waals surface area contributed by atoms with Crippen molar-refractivity contribution in [2.45, 2.75) is 6.92 Å². The Morgan fingerprint density at radius 1 is 0.917 bits per heavy atom. The third-order valence-electron chi connectivity index (χ3n) is 4.07. The van der Waals surface area contributed by atoms with Crippen LogP contribution in [0, 0.1) is 6.92 Å². The Morgan fingerprint density at radius 3 is 2.50 bits per heavy atom. The Hall–Kier alpha value is -3.20. The second kappa shape index (κ2) is 5.78. The molecule has 1 heterocycles. The standard InChI is InChI=1S/C21H15NO2/c1-14-6-2-5-9-18(14)20-22-19(21(23)24-20)13-15-10-11-16-7-3-4-8-17(16)12-15/h2-13H,1H3/b19-13+. The molecule has 0 bridgehead atoms. The number of aliphatic imine (C=N–C) groups is 1. The fourth-order valence-electron chi connectivity index (χ4n) is 2.79. The van der Waals surface area contributed by atoms with Crippen LogP contribution in [0.3, 0.4) is 0 Å². The average Bonchev–Trinajstić information content (AvgIpc) is 2.96. The van der Waals surface area contributed by atoms with E-state index in [9.17, 15) is 4.79 Å². The van der Waals surface area contributed by atoms with E-state index in [1.165, 1.54) is 0 Å².